The van der Waals surface area contributed by atoms with Crippen LogP contribution in [0.15, 0.2) is 12.2 Å². The van der Waals surface area contributed by atoms with Crippen molar-refractivity contribution in [2.75, 3.05) is 13.2 Å². The molecule has 9 nitrogen and oxygen atoms in total. The van der Waals surface area contributed by atoms with Crippen molar-refractivity contribution in [3.8, 4) is 0 Å². The van der Waals surface area contributed by atoms with Gasteiger partial charge < -0.3 is 40.3 Å². The first-order valence-electron chi connectivity index (χ1n) is 31.9. The molecule has 0 spiro atoms. The van der Waals surface area contributed by atoms with Crippen molar-refractivity contribution in [3.05, 3.63) is 12.2 Å². The minimum Gasteiger partial charge on any atom is -0.394 e. The lowest BCUT2D eigenvalue weighted by molar-refractivity contribution is -0.302. The molecule has 7 unspecified atom stereocenters. The lowest BCUT2D eigenvalue weighted by atomic mass is 9.99. The third-order valence-electron chi connectivity index (χ3n) is 15.6. The van der Waals surface area contributed by atoms with Crippen LogP contribution in [0.4, 0.5) is 0 Å². The van der Waals surface area contributed by atoms with Gasteiger partial charge in [-0.15, -0.1) is 0 Å². The molecule has 428 valence electrons. The van der Waals surface area contributed by atoms with Crippen molar-refractivity contribution in [1.29, 1.82) is 0 Å². The number of aliphatic hydroxyl groups is 5. The van der Waals surface area contributed by atoms with Crippen LogP contribution in [-0.4, -0.2) is 87.5 Å². The van der Waals surface area contributed by atoms with Crippen molar-refractivity contribution in [3.63, 3.8) is 0 Å². The molecular weight excluding hydrogens is 899 g/mol. The Bertz CT molecular complexity index is 1140. The molecule has 1 aliphatic heterocycles. The van der Waals surface area contributed by atoms with E-state index >= 15 is 0 Å². The number of carbonyl (C=O) groups is 1. The zero-order valence-corrected chi connectivity index (χ0v) is 47.7. The van der Waals surface area contributed by atoms with Crippen molar-refractivity contribution in [2.24, 2.45) is 0 Å². The van der Waals surface area contributed by atoms with Gasteiger partial charge in [0.05, 0.1) is 25.4 Å². The molecule has 0 bridgehead atoms. The van der Waals surface area contributed by atoms with Gasteiger partial charge in [0.2, 0.25) is 5.91 Å². The van der Waals surface area contributed by atoms with Crippen LogP contribution in [0.25, 0.3) is 0 Å². The molecular formula is C63H123NO8. The number of amides is 1. The minimum absolute atomic E-state index is 0.132. The highest BCUT2D eigenvalue weighted by Gasteiger charge is 2.44. The summed E-state index contributed by atoms with van der Waals surface area (Å²) in [5.74, 6) is -0.137. The van der Waals surface area contributed by atoms with Gasteiger partial charge in [0.25, 0.3) is 0 Å². The standard InChI is InChI=1S/C63H123NO8/c1-3-5-7-9-11-13-15-17-19-21-22-23-24-25-26-27-28-29-30-31-32-33-34-35-36-37-39-41-43-45-47-49-51-53-59(67)64-56(55-71-63-62(70)61(69)60(68)58(54-65)72-63)57(66)52-50-48-46-44-42-40-38-20-18-16-14-12-10-8-6-4-2/h25-26,56-58,60-63,65-66,68-70H,3-24,27-55H2,1-2H3,(H,64,67)/b26-25-. The van der Waals surface area contributed by atoms with Crippen LogP contribution in [0.3, 0.4) is 0 Å². The lowest BCUT2D eigenvalue weighted by Gasteiger charge is -2.40. The van der Waals surface area contributed by atoms with Gasteiger partial charge in [0.1, 0.15) is 24.4 Å². The average Bonchev–Trinajstić information content (AvgIpc) is 3.38. The Labute approximate surface area is 446 Å². The minimum atomic E-state index is -1.55. The summed E-state index contributed by atoms with van der Waals surface area (Å²) >= 11 is 0. The second kappa shape index (κ2) is 53.3. The normalized spacial score (nSPS) is 19.1. The summed E-state index contributed by atoms with van der Waals surface area (Å²) in [5, 5.41) is 54.7. The molecule has 1 rings (SSSR count). The highest BCUT2D eigenvalue weighted by Crippen LogP contribution is 2.24. The van der Waals surface area contributed by atoms with Crippen molar-refractivity contribution in [1.82, 2.24) is 5.32 Å². The zero-order valence-electron chi connectivity index (χ0n) is 47.7. The van der Waals surface area contributed by atoms with Crippen LogP contribution in [0.2, 0.25) is 0 Å². The van der Waals surface area contributed by atoms with Crippen LogP contribution >= 0.6 is 0 Å². The fourth-order valence-corrected chi connectivity index (χ4v) is 10.6. The molecule has 1 saturated heterocycles. The van der Waals surface area contributed by atoms with Gasteiger partial charge in [-0.1, -0.05) is 296 Å². The predicted octanol–water partition coefficient (Wildman–Crippen LogP) is 16.4. The van der Waals surface area contributed by atoms with Crippen LogP contribution in [0.5, 0.6) is 0 Å². The summed E-state index contributed by atoms with van der Waals surface area (Å²) in [6, 6.07) is -0.715. The molecule has 0 aliphatic carbocycles. The summed E-state index contributed by atoms with van der Waals surface area (Å²) in [6.45, 7) is 3.88. The molecule has 1 aliphatic rings. The molecule has 1 fully saturated rings. The molecule has 6 N–H and O–H groups in total. The molecule has 0 aromatic rings. The van der Waals surface area contributed by atoms with Gasteiger partial charge in [-0.3, -0.25) is 4.79 Å². The van der Waals surface area contributed by atoms with Crippen LogP contribution < -0.4 is 5.32 Å². The molecule has 1 amide bonds. The SMILES string of the molecule is CCCCCCCCCCCCCC/C=C\CCCCCCCCCCCCCCCCCCCC(=O)NC(COC1OC(CO)C(O)C(O)C1O)C(O)CCCCCCCCCCCCCCCCCC. The van der Waals surface area contributed by atoms with Crippen molar-refractivity contribution in [2.45, 2.75) is 371 Å². The van der Waals surface area contributed by atoms with Crippen LogP contribution in [0.1, 0.15) is 328 Å². The lowest BCUT2D eigenvalue weighted by Crippen LogP contribution is -2.60. The molecule has 0 aromatic carbocycles. The molecule has 7 atom stereocenters. The number of nitrogens with one attached hydrogen (secondary N) is 1. The molecule has 9 heteroatoms. The summed E-state index contributed by atoms with van der Waals surface area (Å²) in [5.41, 5.74) is 0. The number of unbranched alkanes of at least 4 members (excludes halogenated alkanes) is 44. The second-order valence-corrected chi connectivity index (χ2v) is 22.6. The first-order chi connectivity index (χ1) is 35.3. The molecule has 0 radical (unpaired) electrons. The molecule has 1 heterocycles. The fourth-order valence-electron chi connectivity index (χ4n) is 10.6. The van der Waals surface area contributed by atoms with E-state index in [0.717, 1.165) is 38.5 Å². The van der Waals surface area contributed by atoms with Crippen LogP contribution in [-0.2, 0) is 14.3 Å². The number of hydrogen-bond acceptors (Lipinski definition) is 8. The fraction of sp³-hybridized carbons (Fsp3) is 0.952. The molecule has 0 saturated carbocycles. The Morgan fingerprint density at radius 2 is 0.778 bits per heavy atom. The predicted molar refractivity (Wildman–Crippen MR) is 304 cm³/mol. The first kappa shape index (κ1) is 68.9. The quantitative estimate of drug-likeness (QED) is 0.0261. The van der Waals surface area contributed by atoms with E-state index in [4.69, 9.17) is 9.47 Å². The van der Waals surface area contributed by atoms with Crippen LogP contribution in [0, 0.1) is 0 Å². The maximum Gasteiger partial charge on any atom is 0.220 e. The van der Waals surface area contributed by atoms with E-state index in [1.165, 1.54) is 263 Å². The topological polar surface area (TPSA) is 149 Å². The number of hydrogen-bond donors (Lipinski definition) is 6. The Kier molecular flexibility index (Phi) is 51.1. The smallest absolute Gasteiger partial charge is 0.220 e. The van der Waals surface area contributed by atoms with Gasteiger partial charge in [-0.05, 0) is 38.5 Å². The average molecular weight is 1020 g/mol. The highest BCUT2D eigenvalue weighted by molar-refractivity contribution is 5.76. The van der Waals surface area contributed by atoms with Gasteiger partial charge in [0, 0.05) is 6.42 Å². The van der Waals surface area contributed by atoms with E-state index in [2.05, 4.69) is 31.3 Å². The third-order valence-corrected chi connectivity index (χ3v) is 15.6. The van der Waals surface area contributed by atoms with E-state index in [-0.39, 0.29) is 12.5 Å². The first-order valence-corrected chi connectivity index (χ1v) is 31.9. The van der Waals surface area contributed by atoms with Gasteiger partial charge in [-0.25, -0.2) is 0 Å². The Balaban J connectivity index is 2.09. The number of rotatable bonds is 56. The van der Waals surface area contributed by atoms with E-state index in [1.807, 2.05) is 0 Å². The zero-order chi connectivity index (χ0) is 52.2. The van der Waals surface area contributed by atoms with Crippen molar-refractivity contribution < 1.29 is 39.8 Å². The number of carbonyl (C=O) groups excluding carboxylic acids is 1. The summed E-state index contributed by atoms with van der Waals surface area (Å²) in [7, 11) is 0. The Hall–Kier alpha value is -1.07. The largest absolute Gasteiger partial charge is 0.394 e. The number of ether oxygens (including phenoxy) is 2. The van der Waals surface area contributed by atoms with Gasteiger partial charge >= 0.3 is 0 Å². The number of allylic oxidation sites excluding steroid dienone is 2. The number of aliphatic hydroxyl groups excluding tert-OH is 5. The van der Waals surface area contributed by atoms with E-state index < -0.39 is 49.5 Å². The highest BCUT2D eigenvalue weighted by atomic mass is 16.7. The maximum absolute atomic E-state index is 13.1. The second-order valence-electron chi connectivity index (χ2n) is 22.6. The monoisotopic (exact) mass is 1020 g/mol. The summed E-state index contributed by atoms with van der Waals surface area (Å²) in [6.07, 6.45) is 59.8. The van der Waals surface area contributed by atoms with Gasteiger partial charge in [0.15, 0.2) is 6.29 Å². The van der Waals surface area contributed by atoms with E-state index in [9.17, 15) is 30.3 Å². The summed E-state index contributed by atoms with van der Waals surface area (Å²) in [4.78, 5) is 13.1. The Morgan fingerprint density at radius 1 is 0.458 bits per heavy atom. The maximum atomic E-state index is 13.1. The third kappa shape index (κ3) is 42.1. The molecule has 0 aromatic heterocycles. The molecule has 72 heavy (non-hydrogen) atoms. The van der Waals surface area contributed by atoms with Gasteiger partial charge in [-0.2, -0.15) is 0 Å². The summed E-state index contributed by atoms with van der Waals surface area (Å²) < 4.78 is 11.3. The van der Waals surface area contributed by atoms with E-state index in [1.54, 1.807) is 0 Å². The van der Waals surface area contributed by atoms with E-state index in [0.29, 0.717) is 12.8 Å². The Morgan fingerprint density at radius 3 is 1.12 bits per heavy atom. The van der Waals surface area contributed by atoms with Crippen molar-refractivity contribution >= 4 is 5.91 Å².